The van der Waals surface area contributed by atoms with Gasteiger partial charge in [0, 0.05) is 24.5 Å². The van der Waals surface area contributed by atoms with Crippen LogP contribution >= 0.6 is 11.3 Å². The van der Waals surface area contributed by atoms with Gasteiger partial charge in [0.05, 0.1) is 24.2 Å². The predicted octanol–water partition coefficient (Wildman–Crippen LogP) is 2.84. The maximum absolute atomic E-state index is 12.2. The van der Waals surface area contributed by atoms with Crippen molar-refractivity contribution in [2.75, 3.05) is 29.9 Å². The minimum absolute atomic E-state index is 0.0364. The highest BCUT2D eigenvalue weighted by molar-refractivity contribution is 7.10. The molecule has 142 valence electrons. The second-order valence-corrected chi connectivity index (χ2v) is 7.56. The van der Waals surface area contributed by atoms with E-state index in [4.69, 9.17) is 0 Å². The number of hydrogen-bond donors (Lipinski definition) is 2. The summed E-state index contributed by atoms with van der Waals surface area (Å²) in [5.74, 6) is 0.805. The molecule has 6 nitrogen and oxygen atoms in total. The molecule has 0 saturated carbocycles. The quantitative estimate of drug-likeness (QED) is 0.720. The Hall–Kier alpha value is -2.67. The van der Waals surface area contributed by atoms with Crippen molar-refractivity contribution in [1.29, 1.82) is 0 Å². The SMILES string of the molecule is C=CCNC(=O)C1CCCN(c2ccc(NC(=O)Cc3cccs3)cn2)C1. The zero-order valence-electron chi connectivity index (χ0n) is 15.2. The van der Waals surface area contributed by atoms with Crippen LogP contribution in [0, 0.1) is 5.92 Å². The summed E-state index contributed by atoms with van der Waals surface area (Å²) in [6.45, 7) is 5.65. The molecule has 7 heteroatoms. The molecule has 2 amide bonds. The lowest BCUT2D eigenvalue weighted by Crippen LogP contribution is -2.43. The van der Waals surface area contributed by atoms with Gasteiger partial charge in [-0.25, -0.2) is 4.98 Å². The molecule has 1 aliphatic rings. The average molecular weight is 385 g/mol. The highest BCUT2D eigenvalue weighted by Crippen LogP contribution is 2.23. The van der Waals surface area contributed by atoms with Gasteiger partial charge in [0.25, 0.3) is 0 Å². The molecule has 3 heterocycles. The summed E-state index contributed by atoms with van der Waals surface area (Å²) in [6, 6.07) is 7.64. The Morgan fingerprint density at radius 2 is 2.26 bits per heavy atom. The lowest BCUT2D eigenvalue weighted by Gasteiger charge is -2.32. The molecule has 2 N–H and O–H groups in total. The summed E-state index contributed by atoms with van der Waals surface area (Å²) in [5.41, 5.74) is 0.678. The van der Waals surface area contributed by atoms with Gasteiger partial charge >= 0.3 is 0 Å². The van der Waals surface area contributed by atoms with Gasteiger partial charge in [-0.2, -0.15) is 0 Å². The third-order valence-corrected chi connectivity index (χ3v) is 5.36. The van der Waals surface area contributed by atoms with Crippen LogP contribution in [0.1, 0.15) is 17.7 Å². The van der Waals surface area contributed by atoms with E-state index in [1.54, 1.807) is 23.6 Å². The molecule has 2 aromatic rings. The number of amides is 2. The van der Waals surface area contributed by atoms with E-state index in [1.807, 2.05) is 29.6 Å². The first-order chi connectivity index (χ1) is 13.2. The van der Waals surface area contributed by atoms with Crippen LogP contribution in [0.5, 0.6) is 0 Å². The van der Waals surface area contributed by atoms with Gasteiger partial charge in [-0.05, 0) is 36.4 Å². The molecule has 0 radical (unpaired) electrons. The first-order valence-corrected chi connectivity index (χ1v) is 9.95. The highest BCUT2D eigenvalue weighted by atomic mass is 32.1. The van der Waals surface area contributed by atoms with Gasteiger partial charge in [0.15, 0.2) is 0 Å². The van der Waals surface area contributed by atoms with Gasteiger partial charge < -0.3 is 15.5 Å². The molecule has 0 aromatic carbocycles. The first kappa shape index (κ1) is 19.1. The zero-order chi connectivity index (χ0) is 19.1. The van der Waals surface area contributed by atoms with E-state index in [9.17, 15) is 9.59 Å². The molecule has 1 atom stereocenters. The van der Waals surface area contributed by atoms with E-state index in [0.717, 1.165) is 30.1 Å². The Balaban J connectivity index is 1.55. The molecule has 3 rings (SSSR count). The number of aromatic nitrogens is 1. The molecular formula is C20H24N4O2S. The van der Waals surface area contributed by atoms with Crippen LogP contribution in [0.25, 0.3) is 0 Å². The third-order valence-electron chi connectivity index (χ3n) is 4.48. The van der Waals surface area contributed by atoms with E-state index in [2.05, 4.69) is 27.1 Å². The molecule has 0 aliphatic carbocycles. The number of rotatable bonds is 7. The fourth-order valence-corrected chi connectivity index (χ4v) is 3.84. The minimum atomic E-state index is -0.0519. The Labute approximate surface area is 163 Å². The van der Waals surface area contributed by atoms with Crippen LogP contribution in [0.3, 0.4) is 0 Å². The molecule has 0 spiro atoms. The maximum atomic E-state index is 12.2. The summed E-state index contributed by atoms with van der Waals surface area (Å²) in [4.78, 5) is 31.9. The van der Waals surface area contributed by atoms with Crippen molar-refractivity contribution in [2.45, 2.75) is 19.3 Å². The van der Waals surface area contributed by atoms with E-state index < -0.39 is 0 Å². The second-order valence-electron chi connectivity index (χ2n) is 6.53. The van der Waals surface area contributed by atoms with Crippen LogP contribution in [0.4, 0.5) is 11.5 Å². The maximum Gasteiger partial charge on any atom is 0.229 e. The molecule has 1 unspecified atom stereocenters. The van der Waals surface area contributed by atoms with Gasteiger partial charge in [0.2, 0.25) is 11.8 Å². The smallest absolute Gasteiger partial charge is 0.229 e. The summed E-state index contributed by atoms with van der Waals surface area (Å²) in [6.07, 6.45) is 5.56. The van der Waals surface area contributed by atoms with Gasteiger partial charge in [-0.1, -0.05) is 12.1 Å². The molecule has 1 saturated heterocycles. The van der Waals surface area contributed by atoms with Crippen molar-refractivity contribution in [3.63, 3.8) is 0 Å². The predicted molar refractivity (Wildman–Crippen MR) is 109 cm³/mol. The van der Waals surface area contributed by atoms with Crippen molar-refractivity contribution >= 4 is 34.7 Å². The first-order valence-electron chi connectivity index (χ1n) is 9.07. The summed E-state index contributed by atoms with van der Waals surface area (Å²) >= 11 is 1.57. The molecule has 27 heavy (non-hydrogen) atoms. The topological polar surface area (TPSA) is 74.3 Å². The number of pyridine rings is 1. The number of thiophene rings is 1. The van der Waals surface area contributed by atoms with E-state index >= 15 is 0 Å². The number of carbonyl (C=O) groups is 2. The van der Waals surface area contributed by atoms with E-state index in [0.29, 0.717) is 25.2 Å². The molecule has 1 aliphatic heterocycles. The fraction of sp³-hybridized carbons (Fsp3) is 0.350. The lowest BCUT2D eigenvalue weighted by atomic mass is 9.97. The van der Waals surface area contributed by atoms with Crippen LogP contribution in [-0.4, -0.2) is 36.4 Å². The number of piperidine rings is 1. The van der Waals surface area contributed by atoms with Gasteiger partial charge in [0.1, 0.15) is 5.82 Å². The summed E-state index contributed by atoms with van der Waals surface area (Å²) in [5, 5.41) is 7.71. The van der Waals surface area contributed by atoms with Crippen molar-refractivity contribution in [2.24, 2.45) is 5.92 Å². The number of nitrogens with zero attached hydrogens (tertiary/aromatic N) is 2. The Bertz CT molecular complexity index is 774. The number of carbonyl (C=O) groups excluding carboxylic acids is 2. The van der Waals surface area contributed by atoms with Gasteiger partial charge in [-0.3, -0.25) is 9.59 Å². The molecule has 1 fully saturated rings. The Morgan fingerprint density at radius 1 is 1.37 bits per heavy atom. The zero-order valence-corrected chi connectivity index (χ0v) is 16.0. The van der Waals surface area contributed by atoms with E-state index in [1.165, 1.54) is 0 Å². The van der Waals surface area contributed by atoms with Crippen molar-refractivity contribution < 1.29 is 9.59 Å². The molecule has 2 aromatic heterocycles. The third kappa shape index (κ3) is 5.40. The monoisotopic (exact) mass is 384 g/mol. The summed E-state index contributed by atoms with van der Waals surface area (Å²) < 4.78 is 0. The minimum Gasteiger partial charge on any atom is -0.356 e. The van der Waals surface area contributed by atoms with Crippen molar-refractivity contribution in [3.8, 4) is 0 Å². The van der Waals surface area contributed by atoms with Crippen LogP contribution in [0.2, 0.25) is 0 Å². The summed E-state index contributed by atoms with van der Waals surface area (Å²) in [7, 11) is 0. The van der Waals surface area contributed by atoms with Crippen LogP contribution in [-0.2, 0) is 16.0 Å². The van der Waals surface area contributed by atoms with Crippen LogP contribution in [0.15, 0.2) is 48.5 Å². The molecule has 0 bridgehead atoms. The lowest BCUT2D eigenvalue weighted by molar-refractivity contribution is -0.125. The van der Waals surface area contributed by atoms with Gasteiger partial charge in [-0.15, -0.1) is 17.9 Å². The standard InChI is InChI=1S/C20H24N4O2S/c1-2-9-21-20(26)15-5-3-10-24(14-15)18-8-7-16(13-22-18)23-19(25)12-17-6-4-11-27-17/h2,4,6-8,11,13,15H,1,3,5,9-10,12,14H2,(H,21,26)(H,23,25). The second kappa shape index (κ2) is 9.32. The molecular weight excluding hydrogens is 360 g/mol. The number of anilines is 2. The Kier molecular flexibility index (Phi) is 6.59. The van der Waals surface area contributed by atoms with Crippen LogP contribution < -0.4 is 15.5 Å². The fourth-order valence-electron chi connectivity index (χ4n) is 3.14. The number of nitrogens with one attached hydrogen (secondary N) is 2. The number of hydrogen-bond acceptors (Lipinski definition) is 5. The Morgan fingerprint density at radius 3 is 2.96 bits per heavy atom. The highest BCUT2D eigenvalue weighted by Gasteiger charge is 2.26. The van der Waals surface area contributed by atoms with Crippen molar-refractivity contribution in [3.05, 3.63) is 53.4 Å². The largest absolute Gasteiger partial charge is 0.356 e. The van der Waals surface area contributed by atoms with E-state index in [-0.39, 0.29) is 17.7 Å². The van der Waals surface area contributed by atoms with Crippen molar-refractivity contribution in [1.82, 2.24) is 10.3 Å². The normalized spacial score (nSPS) is 16.6. The average Bonchev–Trinajstić information content (AvgIpc) is 3.19.